The zero-order chi connectivity index (χ0) is 20.7. The third-order valence-electron chi connectivity index (χ3n) is 4.31. The molecule has 0 aliphatic heterocycles. The average molecular weight is 405 g/mol. The molecule has 0 aliphatic carbocycles. The van der Waals surface area contributed by atoms with Crippen LogP contribution in [0.4, 0.5) is 10.5 Å². The monoisotopic (exact) mass is 404 g/mol. The first kappa shape index (κ1) is 21.9. The van der Waals surface area contributed by atoms with Gasteiger partial charge in [0.05, 0.1) is 4.90 Å². The van der Waals surface area contributed by atoms with Gasteiger partial charge in [0.1, 0.15) is 0 Å². The molecule has 2 amide bonds. The highest BCUT2D eigenvalue weighted by Gasteiger charge is 2.17. The smallest absolute Gasteiger partial charge is 0.319 e. The fourth-order valence-corrected chi connectivity index (χ4v) is 3.51. The maximum atomic E-state index is 12.2. The number of sulfonamides is 1. The van der Waals surface area contributed by atoms with E-state index in [0.29, 0.717) is 12.2 Å². The lowest BCUT2D eigenvalue weighted by Gasteiger charge is -2.15. The molecule has 2 aromatic carbocycles. The molecule has 2 aromatic rings. The molecule has 8 heteroatoms. The number of hydrogen-bond donors (Lipinski definition) is 2. The van der Waals surface area contributed by atoms with E-state index >= 15 is 0 Å². The number of hydrogen-bond acceptors (Lipinski definition) is 4. The van der Waals surface area contributed by atoms with Crippen LogP contribution in [-0.4, -0.2) is 51.3 Å². The Morgan fingerprint density at radius 1 is 1.00 bits per heavy atom. The van der Waals surface area contributed by atoms with Gasteiger partial charge in [0, 0.05) is 32.9 Å². The Bertz CT molecular complexity index is 913. The number of carbonyl (C=O) groups is 1. The Morgan fingerprint density at radius 2 is 1.68 bits per heavy atom. The molecule has 2 rings (SSSR count). The van der Waals surface area contributed by atoms with Crippen molar-refractivity contribution >= 4 is 21.7 Å². The average Bonchev–Trinajstić information content (AvgIpc) is 2.66. The van der Waals surface area contributed by atoms with E-state index in [9.17, 15) is 13.2 Å². The zero-order valence-electron chi connectivity index (χ0n) is 16.8. The molecule has 0 saturated carbocycles. The molecule has 152 valence electrons. The second-order valence-electron chi connectivity index (χ2n) is 6.77. The summed E-state index contributed by atoms with van der Waals surface area (Å²) in [7, 11) is 1.44. The standard InChI is InChI=1S/C20H28N4O3S/c1-5-24(4)15-17-9-6-8-16(12-17)14-21-20(25)22-18-10-7-11-19(13-18)28(26,27)23(2)3/h6-13H,5,14-15H2,1-4H3,(H2,21,22,25). The molecule has 0 atom stereocenters. The molecule has 0 spiro atoms. The van der Waals surface area contributed by atoms with E-state index in [1.165, 1.54) is 31.8 Å². The van der Waals surface area contributed by atoms with Gasteiger partial charge in [-0.25, -0.2) is 17.5 Å². The molecule has 2 N–H and O–H groups in total. The van der Waals surface area contributed by atoms with Crippen LogP contribution in [0.15, 0.2) is 53.4 Å². The third-order valence-corrected chi connectivity index (χ3v) is 6.12. The van der Waals surface area contributed by atoms with Crippen LogP contribution in [0.25, 0.3) is 0 Å². The lowest BCUT2D eigenvalue weighted by Crippen LogP contribution is -2.28. The maximum Gasteiger partial charge on any atom is 0.319 e. The van der Waals surface area contributed by atoms with Crippen molar-refractivity contribution in [3.05, 3.63) is 59.7 Å². The molecule has 7 nitrogen and oxygen atoms in total. The fourth-order valence-electron chi connectivity index (χ4n) is 2.56. The van der Waals surface area contributed by atoms with Crippen molar-refractivity contribution in [1.29, 1.82) is 0 Å². The van der Waals surface area contributed by atoms with Crippen LogP contribution in [0.1, 0.15) is 18.1 Å². The quantitative estimate of drug-likeness (QED) is 0.709. The minimum Gasteiger partial charge on any atom is -0.334 e. The largest absolute Gasteiger partial charge is 0.334 e. The highest BCUT2D eigenvalue weighted by molar-refractivity contribution is 7.89. The molecule has 0 heterocycles. The SMILES string of the molecule is CCN(C)Cc1cccc(CNC(=O)Nc2cccc(S(=O)(=O)N(C)C)c2)c1. The van der Waals surface area contributed by atoms with Gasteiger partial charge < -0.3 is 15.5 Å². The summed E-state index contributed by atoms with van der Waals surface area (Å²) in [5.74, 6) is 0. The summed E-state index contributed by atoms with van der Waals surface area (Å²) >= 11 is 0. The van der Waals surface area contributed by atoms with Crippen LogP contribution in [-0.2, 0) is 23.1 Å². The van der Waals surface area contributed by atoms with Crippen LogP contribution in [0.3, 0.4) is 0 Å². The molecular formula is C20H28N4O3S. The van der Waals surface area contributed by atoms with Crippen molar-refractivity contribution in [3.8, 4) is 0 Å². The summed E-state index contributed by atoms with van der Waals surface area (Å²) < 4.78 is 25.5. The zero-order valence-corrected chi connectivity index (χ0v) is 17.6. The minimum atomic E-state index is -3.55. The Kier molecular flexibility index (Phi) is 7.56. The van der Waals surface area contributed by atoms with Crippen molar-refractivity contribution < 1.29 is 13.2 Å². The molecule has 0 saturated heterocycles. The summed E-state index contributed by atoms with van der Waals surface area (Å²) in [6, 6.07) is 13.9. The van der Waals surface area contributed by atoms with Crippen molar-refractivity contribution in [1.82, 2.24) is 14.5 Å². The van der Waals surface area contributed by atoms with Gasteiger partial charge in [-0.3, -0.25) is 0 Å². The molecule has 0 bridgehead atoms. The van der Waals surface area contributed by atoms with Crippen molar-refractivity contribution in [2.45, 2.75) is 24.9 Å². The van der Waals surface area contributed by atoms with Gasteiger partial charge in [0.2, 0.25) is 10.0 Å². The molecule has 0 unspecified atom stereocenters. The Morgan fingerprint density at radius 3 is 2.36 bits per heavy atom. The number of nitrogens with one attached hydrogen (secondary N) is 2. The van der Waals surface area contributed by atoms with Gasteiger partial charge in [0.15, 0.2) is 0 Å². The van der Waals surface area contributed by atoms with E-state index in [-0.39, 0.29) is 4.90 Å². The molecule has 28 heavy (non-hydrogen) atoms. The van der Waals surface area contributed by atoms with Gasteiger partial charge in [-0.05, 0) is 42.9 Å². The summed E-state index contributed by atoms with van der Waals surface area (Å²) in [5.41, 5.74) is 2.60. The van der Waals surface area contributed by atoms with Crippen molar-refractivity contribution in [2.75, 3.05) is 33.0 Å². The molecular weight excluding hydrogens is 376 g/mol. The van der Waals surface area contributed by atoms with E-state index in [0.717, 1.165) is 23.0 Å². The second-order valence-corrected chi connectivity index (χ2v) is 8.93. The lowest BCUT2D eigenvalue weighted by molar-refractivity contribution is 0.251. The first-order valence-electron chi connectivity index (χ1n) is 9.06. The number of anilines is 1. The van der Waals surface area contributed by atoms with Gasteiger partial charge in [0.25, 0.3) is 0 Å². The molecule has 0 aliphatic rings. The normalized spacial score (nSPS) is 11.6. The van der Waals surface area contributed by atoms with E-state index in [1.54, 1.807) is 12.1 Å². The van der Waals surface area contributed by atoms with Crippen LogP contribution >= 0.6 is 0 Å². The first-order valence-corrected chi connectivity index (χ1v) is 10.5. The van der Waals surface area contributed by atoms with Gasteiger partial charge in [-0.1, -0.05) is 37.3 Å². The van der Waals surface area contributed by atoms with Gasteiger partial charge >= 0.3 is 6.03 Å². The van der Waals surface area contributed by atoms with E-state index in [2.05, 4.69) is 41.6 Å². The van der Waals surface area contributed by atoms with Crippen LogP contribution in [0, 0.1) is 0 Å². The number of amides is 2. The summed E-state index contributed by atoms with van der Waals surface area (Å²) in [6.07, 6.45) is 0. The summed E-state index contributed by atoms with van der Waals surface area (Å²) in [4.78, 5) is 14.5. The number of carbonyl (C=O) groups excluding carboxylic acids is 1. The summed E-state index contributed by atoms with van der Waals surface area (Å²) in [5, 5.41) is 5.48. The topological polar surface area (TPSA) is 81.8 Å². The predicted molar refractivity (Wildman–Crippen MR) is 112 cm³/mol. The highest BCUT2D eigenvalue weighted by Crippen LogP contribution is 2.18. The highest BCUT2D eigenvalue weighted by atomic mass is 32.2. The van der Waals surface area contributed by atoms with Crippen LogP contribution < -0.4 is 10.6 Å². The van der Waals surface area contributed by atoms with E-state index in [4.69, 9.17) is 0 Å². The third kappa shape index (κ3) is 6.05. The van der Waals surface area contributed by atoms with Crippen LogP contribution in [0.5, 0.6) is 0 Å². The number of nitrogens with zero attached hydrogens (tertiary/aromatic N) is 2. The molecule has 0 radical (unpaired) electrons. The first-order chi connectivity index (χ1) is 13.2. The van der Waals surface area contributed by atoms with E-state index in [1.807, 2.05) is 12.1 Å². The lowest BCUT2D eigenvalue weighted by atomic mass is 10.1. The summed E-state index contributed by atoms with van der Waals surface area (Å²) in [6.45, 7) is 4.30. The Labute approximate surface area is 167 Å². The predicted octanol–water partition coefficient (Wildman–Crippen LogP) is 2.71. The number of urea groups is 1. The van der Waals surface area contributed by atoms with Crippen LogP contribution in [0.2, 0.25) is 0 Å². The maximum absolute atomic E-state index is 12.2. The van der Waals surface area contributed by atoms with E-state index < -0.39 is 16.1 Å². The fraction of sp³-hybridized carbons (Fsp3) is 0.350. The minimum absolute atomic E-state index is 0.128. The Balaban J connectivity index is 1.97. The van der Waals surface area contributed by atoms with Gasteiger partial charge in [-0.2, -0.15) is 0 Å². The number of benzene rings is 2. The van der Waals surface area contributed by atoms with Crippen molar-refractivity contribution in [2.24, 2.45) is 0 Å². The van der Waals surface area contributed by atoms with Gasteiger partial charge in [-0.15, -0.1) is 0 Å². The number of rotatable bonds is 8. The molecule has 0 aromatic heterocycles. The second kappa shape index (κ2) is 9.68. The Hall–Kier alpha value is -2.42. The molecule has 0 fully saturated rings. The van der Waals surface area contributed by atoms with Crippen molar-refractivity contribution in [3.63, 3.8) is 0 Å².